The average molecular weight is 753 g/mol. The lowest BCUT2D eigenvalue weighted by molar-refractivity contribution is 0.402. The van der Waals surface area contributed by atoms with Crippen molar-refractivity contribution >= 4 is 57.6 Å². The molecule has 0 bridgehead atoms. The molecule has 278 valence electrons. The highest BCUT2D eigenvalue weighted by molar-refractivity contribution is 6.88. The molecule has 2 nitrogen and oxygen atoms in total. The summed E-state index contributed by atoms with van der Waals surface area (Å²) in [7, 11) is -1.37. The number of hydrogen-bond acceptors (Lipinski definition) is 2. The second-order valence-corrected chi connectivity index (χ2v) is 23.0. The van der Waals surface area contributed by atoms with Crippen molar-refractivity contribution in [3.63, 3.8) is 0 Å². The molecule has 0 saturated heterocycles. The van der Waals surface area contributed by atoms with Crippen molar-refractivity contribution in [2.45, 2.75) is 63.2 Å². The van der Waals surface area contributed by atoms with Gasteiger partial charge in [0.15, 0.2) is 0 Å². The number of fused-ring (bicyclic) bond motifs is 9. The van der Waals surface area contributed by atoms with Crippen LogP contribution < -0.4 is 15.0 Å². The van der Waals surface area contributed by atoms with Gasteiger partial charge in [0.25, 0.3) is 0 Å². The molecule has 4 aliphatic rings. The van der Waals surface area contributed by atoms with E-state index >= 15 is 0 Å². The molecule has 0 aromatic heterocycles. The molecule has 7 aromatic rings. The van der Waals surface area contributed by atoms with Crippen molar-refractivity contribution < 1.29 is 0 Å². The minimum Gasteiger partial charge on any atom is -0.333 e. The third-order valence-corrected chi connectivity index (χ3v) is 15.6. The Hall–Kier alpha value is -5.90. The van der Waals surface area contributed by atoms with Crippen molar-refractivity contribution in [3.8, 4) is 22.3 Å². The van der Waals surface area contributed by atoms with Crippen LogP contribution in [0.4, 0.5) is 22.7 Å². The Morgan fingerprint density at radius 1 is 0.614 bits per heavy atom. The zero-order valence-corrected chi connectivity index (χ0v) is 34.3. The van der Waals surface area contributed by atoms with E-state index in [9.17, 15) is 0 Å². The van der Waals surface area contributed by atoms with E-state index in [1.54, 1.807) is 0 Å². The monoisotopic (exact) mass is 752 g/mol. The fourth-order valence-corrected chi connectivity index (χ4v) is 11.6. The van der Waals surface area contributed by atoms with Gasteiger partial charge in [0.2, 0.25) is 0 Å². The molecule has 3 unspecified atom stereocenters. The zero-order valence-electron chi connectivity index (χ0n) is 33.3. The van der Waals surface area contributed by atoms with Crippen LogP contribution in [0.15, 0.2) is 176 Å². The van der Waals surface area contributed by atoms with E-state index in [0.717, 1.165) is 19.3 Å². The van der Waals surface area contributed by atoms with Crippen molar-refractivity contribution in [3.05, 3.63) is 187 Å². The van der Waals surface area contributed by atoms with E-state index < -0.39 is 8.07 Å². The van der Waals surface area contributed by atoms with Crippen LogP contribution in [0.3, 0.4) is 0 Å². The van der Waals surface area contributed by atoms with E-state index in [1.807, 2.05) is 0 Å². The highest BCUT2D eigenvalue weighted by Crippen LogP contribution is 2.55. The predicted molar refractivity (Wildman–Crippen MR) is 247 cm³/mol. The van der Waals surface area contributed by atoms with Crippen molar-refractivity contribution in [1.82, 2.24) is 0 Å². The minimum absolute atomic E-state index is 0.0660. The number of anilines is 4. The summed E-state index contributed by atoms with van der Waals surface area (Å²) in [5.74, 6) is 0.332. The largest absolute Gasteiger partial charge is 0.333 e. The Labute approximate surface area is 338 Å². The Kier molecular flexibility index (Phi) is 7.72. The summed E-state index contributed by atoms with van der Waals surface area (Å²) in [6, 6.07) is 53.6. The van der Waals surface area contributed by atoms with E-state index in [-0.39, 0.29) is 5.41 Å². The lowest BCUT2D eigenvalue weighted by Crippen LogP contribution is -2.41. The van der Waals surface area contributed by atoms with Crippen molar-refractivity contribution in [2.75, 3.05) is 9.80 Å². The van der Waals surface area contributed by atoms with Crippen LogP contribution in [0.25, 0.3) is 43.8 Å². The Morgan fingerprint density at radius 3 is 2.04 bits per heavy atom. The molecule has 0 spiro atoms. The third-order valence-electron chi connectivity index (χ3n) is 13.5. The summed E-state index contributed by atoms with van der Waals surface area (Å²) < 4.78 is 0. The van der Waals surface area contributed by atoms with E-state index in [2.05, 4.69) is 206 Å². The maximum Gasteiger partial charge on any atom is 0.0775 e. The van der Waals surface area contributed by atoms with Gasteiger partial charge >= 0.3 is 0 Å². The first-order valence-electron chi connectivity index (χ1n) is 20.8. The molecule has 11 rings (SSSR count). The van der Waals surface area contributed by atoms with Crippen LogP contribution in [-0.4, -0.2) is 14.1 Å². The first-order valence-corrected chi connectivity index (χ1v) is 24.3. The van der Waals surface area contributed by atoms with Crippen LogP contribution in [0.1, 0.15) is 43.2 Å². The third kappa shape index (κ3) is 5.36. The number of nitrogens with zero attached hydrogens (tertiary/aromatic N) is 2. The summed E-state index contributed by atoms with van der Waals surface area (Å²) in [4.78, 5) is 5.14. The molecule has 0 amide bonds. The summed E-state index contributed by atoms with van der Waals surface area (Å²) in [6.07, 6.45) is 15.1. The summed E-state index contributed by atoms with van der Waals surface area (Å²) in [5, 5.41) is 6.68. The zero-order chi connectivity index (χ0) is 38.5. The van der Waals surface area contributed by atoms with Crippen LogP contribution in [0.2, 0.25) is 19.6 Å². The number of benzene rings is 7. The number of rotatable bonds is 5. The van der Waals surface area contributed by atoms with E-state index in [1.165, 1.54) is 88.6 Å². The Balaban J connectivity index is 0.938. The molecule has 3 atom stereocenters. The summed E-state index contributed by atoms with van der Waals surface area (Å²) in [5.41, 5.74) is 14.6. The lowest BCUT2D eigenvalue weighted by Gasteiger charge is -2.37. The van der Waals surface area contributed by atoms with Gasteiger partial charge in [-0.25, -0.2) is 0 Å². The molecule has 7 aromatic carbocycles. The molecule has 57 heavy (non-hydrogen) atoms. The lowest BCUT2D eigenvalue weighted by atomic mass is 9.72. The first kappa shape index (κ1) is 34.4. The standard InChI is InChI=1S/C54H48N2Si/c1-54-32-12-11-19-53(54)55(41-26-28-42(29-27-41)57(2,3)4)51-31-25-39(34-48(51)54)37-22-20-36(21-23-37)38-24-30-50-47(33-38)46-17-9-10-18-49(46)56(50)52-35-40-13-5-6-14-43(40)44-15-7-8-16-45(44)52/h5-11,13-16,18-31,33-35,46,53H,12,17,32H2,1-4H3. The molecule has 3 heteroatoms. The SMILES string of the molecule is CC12CCC=CC1N(c1ccc([Si](C)(C)C)cc1)c1ccc(-c3ccc(-c4ccc5c(c4)C4CC=CC=C4N5c4cc5ccccc5c5ccccc45)cc3)cc12. The van der Waals surface area contributed by atoms with Crippen LogP contribution >= 0.6 is 0 Å². The molecule has 0 fully saturated rings. The molecule has 0 saturated carbocycles. The quantitative estimate of drug-likeness (QED) is 0.0981. The number of allylic oxidation sites excluding steroid dienone is 5. The molecular weight excluding hydrogens is 705 g/mol. The maximum atomic E-state index is 2.60. The fourth-order valence-electron chi connectivity index (χ4n) is 10.4. The molecule has 0 N–H and O–H groups in total. The normalized spacial score (nSPS) is 20.7. The van der Waals surface area contributed by atoms with Gasteiger partial charge in [-0.2, -0.15) is 0 Å². The molecular formula is C54H48N2Si. The van der Waals surface area contributed by atoms with Crippen molar-refractivity contribution in [1.29, 1.82) is 0 Å². The fraction of sp³-hybridized carbons (Fsp3) is 0.185. The molecule has 2 aliphatic heterocycles. The molecule has 0 radical (unpaired) electrons. The Bertz CT molecular complexity index is 2840. The predicted octanol–water partition coefficient (Wildman–Crippen LogP) is 14.1. The first-order chi connectivity index (χ1) is 27.8. The van der Waals surface area contributed by atoms with E-state index in [4.69, 9.17) is 0 Å². The van der Waals surface area contributed by atoms with E-state index in [0.29, 0.717) is 12.0 Å². The number of hydrogen-bond donors (Lipinski definition) is 0. The second-order valence-electron chi connectivity index (χ2n) is 17.9. The topological polar surface area (TPSA) is 6.48 Å². The smallest absolute Gasteiger partial charge is 0.0775 e. The van der Waals surface area contributed by atoms with Gasteiger partial charge in [-0.15, -0.1) is 0 Å². The minimum atomic E-state index is -1.37. The van der Waals surface area contributed by atoms with Gasteiger partial charge in [0, 0.05) is 39.5 Å². The van der Waals surface area contributed by atoms with Crippen LogP contribution in [0.5, 0.6) is 0 Å². The molecule has 2 aliphatic carbocycles. The van der Waals surface area contributed by atoms with Crippen molar-refractivity contribution in [2.24, 2.45) is 0 Å². The van der Waals surface area contributed by atoms with Gasteiger partial charge in [0.1, 0.15) is 0 Å². The van der Waals surface area contributed by atoms with Gasteiger partial charge in [-0.1, -0.05) is 153 Å². The summed E-state index contributed by atoms with van der Waals surface area (Å²) in [6.45, 7) is 9.77. The highest BCUT2D eigenvalue weighted by atomic mass is 28.3. The van der Waals surface area contributed by atoms with Gasteiger partial charge < -0.3 is 9.80 Å². The van der Waals surface area contributed by atoms with Gasteiger partial charge in [0.05, 0.1) is 19.8 Å². The Morgan fingerprint density at radius 2 is 1.28 bits per heavy atom. The maximum absolute atomic E-state index is 2.60. The highest BCUT2D eigenvalue weighted by Gasteiger charge is 2.48. The van der Waals surface area contributed by atoms with Gasteiger partial charge in [-0.05, 0) is 117 Å². The van der Waals surface area contributed by atoms with Crippen LogP contribution in [-0.2, 0) is 5.41 Å². The summed E-state index contributed by atoms with van der Waals surface area (Å²) >= 11 is 0. The average Bonchev–Trinajstić information content (AvgIpc) is 3.71. The van der Waals surface area contributed by atoms with Crippen LogP contribution in [0, 0.1) is 0 Å². The van der Waals surface area contributed by atoms with Gasteiger partial charge in [-0.3, -0.25) is 0 Å². The second kappa shape index (κ2) is 12.8. The molecule has 2 heterocycles.